The van der Waals surface area contributed by atoms with Crippen molar-refractivity contribution in [1.29, 1.82) is 0 Å². The van der Waals surface area contributed by atoms with Gasteiger partial charge in [-0.1, -0.05) is 0 Å². The fourth-order valence-electron chi connectivity index (χ4n) is 1.65. The predicted molar refractivity (Wildman–Crippen MR) is 52.8 cm³/mol. The van der Waals surface area contributed by atoms with E-state index in [1.165, 1.54) is 19.3 Å². The summed E-state index contributed by atoms with van der Waals surface area (Å²) in [5, 5.41) is 12.4. The molecule has 0 aliphatic heterocycles. The largest absolute Gasteiger partial charge is 0.393 e. The average Bonchev–Trinajstić information content (AvgIpc) is 2.01. The molecule has 1 rings (SSSR count). The predicted octanol–water partition coefficient (Wildman–Crippen LogP) is 0.916. The maximum atomic E-state index is 9.04. The van der Waals surface area contributed by atoms with Crippen LogP contribution in [-0.4, -0.2) is 37.0 Å². The molecule has 1 atom stereocenters. The smallest absolute Gasteiger partial charge is 0.0802 e. The van der Waals surface area contributed by atoms with E-state index in [9.17, 15) is 0 Å². The molecule has 3 heteroatoms. The Morgan fingerprint density at radius 1 is 1.54 bits per heavy atom. The van der Waals surface area contributed by atoms with Crippen LogP contribution < -0.4 is 5.32 Å². The molecule has 0 aromatic rings. The second-order valence-electron chi connectivity index (χ2n) is 4.06. The molecule has 0 aromatic heterocycles. The first kappa shape index (κ1) is 11.0. The molecule has 1 aliphatic rings. The van der Waals surface area contributed by atoms with Crippen LogP contribution in [0, 0.1) is 0 Å². The van der Waals surface area contributed by atoms with Gasteiger partial charge in [-0.2, -0.15) is 0 Å². The Hall–Kier alpha value is -0.120. The highest BCUT2D eigenvalue weighted by Crippen LogP contribution is 2.34. The van der Waals surface area contributed by atoms with Crippen LogP contribution in [0.5, 0.6) is 0 Å². The van der Waals surface area contributed by atoms with Crippen LogP contribution in [-0.2, 0) is 4.74 Å². The third kappa shape index (κ3) is 3.25. The maximum absolute atomic E-state index is 9.04. The van der Waals surface area contributed by atoms with Crippen molar-refractivity contribution in [2.75, 3.05) is 20.2 Å². The Morgan fingerprint density at radius 3 is 2.62 bits per heavy atom. The molecule has 78 valence electrons. The zero-order chi connectivity index (χ0) is 9.73. The van der Waals surface area contributed by atoms with Crippen molar-refractivity contribution in [2.45, 2.75) is 44.3 Å². The molecule has 3 nitrogen and oxygen atoms in total. The van der Waals surface area contributed by atoms with Gasteiger partial charge in [-0.3, -0.25) is 0 Å². The van der Waals surface area contributed by atoms with Crippen LogP contribution in [0.1, 0.15) is 32.6 Å². The average molecular weight is 187 g/mol. The Kier molecular flexibility index (Phi) is 4.16. The SMILES string of the molecule is COC1(CNCCC(C)O)CCC1. The second-order valence-corrected chi connectivity index (χ2v) is 4.06. The van der Waals surface area contributed by atoms with Crippen molar-refractivity contribution in [1.82, 2.24) is 5.32 Å². The quantitative estimate of drug-likeness (QED) is 0.607. The minimum absolute atomic E-state index is 0.110. The number of methoxy groups -OCH3 is 1. The lowest BCUT2D eigenvalue weighted by Crippen LogP contribution is -2.48. The van der Waals surface area contributed by atoms with Crippen molar-refractivity contribution in [3.8, 4) is 0 Å². The molecule has 1 aliphatic carbocycles. The van der Waals surface area contributed by atoms with E-state index in [0.717, 1.165) is 19.5 Å². The molecule has 0 bridgehead atoms. The van der Waals surface area contributed by atoms with Gasteiger partial charge in [0.05, 0.1) is 11.7 Å². The lowest BCUT2D eigenvalue weighted by molar-refractivity contribution is -0.0694. The van der Waals surface area contributed by atoms with Crippen molar-refractivity contribution >= 4 is 0 Å². The summed E-state index contributed by atoms with van der Waals surface area (Å²) >= 11 is 0. The summed E-state index contributed by atoms with van der Waals surface area (Å²) in [4.78, 5) is 0. The topological polar surface area (TPSA) is 41.5 Å². The first-order valence-corrected chi connectivity index (χ1v) is 5.12. The van der Waals surface area contributed by atoms with Crippen molar-refractivity contribution in [2.24, 2.45) is 0 Å². The van der Waals surface area contributed by atoms with E-state index in [2.05, 4.69) is 5.32 Å². The Bertz CT molecular complexity index is 138. The van der Waals surface area contributed by atoms with E-state index in [4.69, 9.17) is 9.84 Å². The van der Waals surface area contributed by atoms with Gasteiger partial charge in [-0.15, -0.1) is 0 Å². The number of hydrogen-bond acceptors (Lipinski definition) is 3. The number of rotatable bonds is 6. The highest BCUT2D eigenvalue weighted by atomic mass is 16.5. The van der Waals surface area contributed by atoms with Gasteiger partial charge in [0.15, 0.2) is 0 Å². The third-order valence-corrected chi connectivity index (χ3v) is 2.88. The summed E-state index contributed by atoms with van der Waals surface area (Å²) in [7, 11) is 1.79. The number of hydrogen-bond donors (Lipinski definition) is 2. The third-order valence-electron chi connectivity index (χ3n) is 2.88. The number of ether oxygens (including phenoxy) is 1. The van der Waals surface area contributed by atoms with E-state index >= 15 is 0 Å². The molecule has 0 radical (unpaired) electrons. The van der Waals surface area contributed by atoms with Crippen molar-refractivity contribution in [3.63, 3.8) is 0 Å². The molecule has 0 aromatic carbocycles. The van der Waals surface area contributed by atoms with Crippen LogP contribution >= 0.6 is 0 Å². The van der Waals surface area contributed by atoms with Crippen molar-refractivity contribution < 1.29 is 9.84 Å². The van der Waals surface area contributed by atoms with Crippen LogP contribution in [0.25, 0.3) is 0 Å². The van der Waals surface area contributed by atoms with Gasteiger partial charge in [0.25, 0.3) is 0 Å². The molecule has 0 spiro atoms. The zero-order valence-corrected chi connectivity index (χ0v) is 8.68. The van der Waals surface area contributed by atoms with Gasteiger partial charge in [0.2, 0.25) is 0 Å². The van der Waals surface area contributed by atoms with E-state index < -0.39 is 0 Å². The molecule has 1 saturated carbocycles. The molecule has 1 unspecified atom stereocenters. The standard InChI is InChI=1S/C10H21NO2/c1-9(12)4-7-11-8-10(13-2)5-3-6-10/h9,11-12H,3-8H2,1-2H3. The molecule has 1 fully saturated rings. The molecule has 0 saturated heterocycles. The highest BCUT2D eigenvalue weighted by molar-refractivity contribution is 4.91. The summed E-state index contributed by atoms with van der Waals surface area (Å²) in [6, 6.07) is 0. The molecule has 2 N–H and O–H groups in total. The van der Waals surface area contributed by atoms with Gasteiger partial charge in [0, 0.05) is 13.7 Å². The normalized spacial score (nSPS) is 22.4. The minimum Gasteiger partial charge on any atom is -0.393 e. The van der Waals surface area contributed by atoms with Crippen LogP contribution in [0.3, 0.4) is 0 Å². The van der Waals surface area contributed by atoms with Gasteiger partial charge in [-0.25, -0.2) is 0 Å². The molecule has 0 amide bonds. The first-order valence-electron chi connectivity index (χ1n) is 5.12. The zero-order valence-electron chi connectivity index (χ0n) is 8.68. The second kappa shape index (κ2) is 4.94. The van der Waals surface area contributed by atoms with E-state index in [1.807, 2.05) is 6.92 Å². The Balaban J connectivity index is 2.04. The lowest BCUT2D eigenvalue weighted by atomic mass is 9.80. The minimum atomic E-state index is -0.201. The Labute approximate surface area is 80.5 Å². The molecule has 13 heavy (non-hydrogen) atoms. The molecule has 0 heterocycles. The highest BCUT2D eigenvalue weighted by Gasteiger charge is 2.36. The molecular formula is C10H21NO2. The molecular weight excluding hydrogens is 166 g/mol. The number of nitrogens with one attached hydrogen (secondary N) is 1. The van der Waals surface area contributed by atoms with E-state index in [0.29, 0.717) is 0 Å². The van der Waals surface area contributed by atoms with Crippen LogP contribution in [0.4, 0.5) is 0 Å². The first-order chi connectivity index (χ1) is 6.18. The van der Waals surface area contributed by atoms with Gasteiger partial charge in [0.1, 0.15) is 0 Å². The number of aliphatic hydroxyl groups excluding tert-OH is 1. The summed E-state index contributed by atoms with van der Waals surface area (Å²) in [6.45, 7) is 3.62. The summed E-state index contributed by atoms with van der Waals surface area (Å²) < 4.78 is 5.46. The van der Waals surface area contributed by atoms with Gasteiger partial charge < -0.3 is 15.2 Å². The summed E-state index contributed by atoms with van der Waals surface area (Å²) in [6.07, 6.45) is 4.25. The lowest BCUT2D eigenvalue weighted by Gasteiger charge is -2.40. The van der Waals surface area contributed by atoms with Gasteiger partial charge in [-0.05, 0) is 39.2 Å². The number of aliphatic hydroxyl groups is 1. The van der Waals surface area contributed by atoms with Gasteiger partial charge >= 0.3 is 0 Å². The van der Waals surface area contributed by atoms with E-state index in [1.54, 1.807) is 7.11 Å². The van der Waals surface area contributed by atoms with E-state index in [-0.39, 0.29) is 11.7 Å². The van der Waals surface area contributed by atoms with Crippen LogP contribution in [0.15, 0.2) is 0 Å². The Morgan fingerprint density at radius 2 is 2.23 bits per heavy atom. The monoisotopic (exact) mass is 187 g/mol. The van der Waals surface area contributed by atoms with Crippen molar-refractivity contribution in [3.05, 3.63) is 0 Å². The summed E-state index contributed by atoms with van der Waals surface area (Å²) in [5.41, 5.74) is 0.110. The maximum Gasteiger partial charge on any atom is 0.0802 e. The van der Waals surface area contributed by atoms with Crippen LogP contribution in [0.2, 0.25) is 0 Å². The summed E-state index contributed by atoms with van der Waals surface area (Å²) in [5.74, 6) is 0. The fraction of sp³-hybridized carbons (Fsp3) is 1.00. The fourth-order valence-corrected chi connectivity index (χ4v) is 1.65.